The average molecular weight is 623 g/mol. The van der Waals surface area contributed by atoms with Crippen LogP contribution in [0.1, 0.15) is 50.4 Å². The number of benzene rings is 1. The van der Waals surface area contributed by atoms with Crippen LogP contribution in [0.2, 0.25) is 0 Å². The molecule has 0 unspecified atom stereocenters. The van der Waals surface area contributed by atoms with Gasteiger partial charge in [-0.2, -0.15) is 8.42 Å². The molecule has 44 heavy (non-hydrogen) atoms. The van der Waals surface area contributed by atoms with Crippen molar-refractivity contribution in [2.45, 2.75) is 64.3 Å². The quantitative estimate of drug-likeness (QED) is 0.305. The molecule has 1 saturated carbocycles. The SMILES string of the molecule is Cn1c(-c2cc3cccnc3n2CC2CC2)nc2cc(C(=O)N3CC[C@@H](OS(C)(=O)=O)[C@H](NC(=O)OC(C)(C)C)C3)ccc21. The van der Waals surface area contributed by atoms with Crippen LogP contribution in [0.15, 0.2) is 42.6 Å². The lowest BCUT2D eigenvalue weighted by molar-refractivity contribution is 0.0286. The highest BCUT2D eigenvalue weighted by Gasteiger charge is 2.37. The number of imidazole rings is 1. The summed E-state index contributed by atoms with van der Waals surface area (Å²) in [6.45, 7) is 6.40. The van der Waals surface area contributed by atoms with E-state index in [0.29, 0.717) is 17.0 Å². The number of aromatic nitrogens is 4. The monoisotopic (exact) mass is 622 g/mol. The number of rotatable bonds is 7. The Morgan fingerprint density at radius 1 is 1.11 bits per heavy atom. The number of carbonyl (C=O) groups is 2. The minimum absolute atomic E-state index is 0.0536. The molecule has 2 aliphatic rings. The van der Waals surface area contributed by atoms with Crippen LogP contribution in [-0.4, -0.2) is 81.5 Å². The normalized spacial score (nSPS) is 19.4. The Bertz CT molecular complexity index is 1850. The summed E-state index contributed by atoms with van der Waals surface area (Å²) in [5.41, 5.74) is 3.19. The van der Waals surface area contributed by atoms with Gasteiger partial charge >= 0.3 is 6.09 Å². The summed E-state index contributed by atoms with van der Waals surface area (Å²) in [4.78, 5) is 37.5. The van der Waals surface area contributed by atoms with Gasteiger partial charge in [-0.15, -0.1) is 0 Å². The zero-order chi connectivity index (χ0) is 31.4. The number of aryl methyl sites for hydroxylation is 1. The molecule has 2 atom stereocenters. The summed E-state index contributed by atoms with van der Waals surface area (Å²) in [6, 6.07) is 10.8. The van der Waals surface area contributed by atoms with Gasteiger partial charge in [0.15, 0.2) is 5.82 Å². The number of alkyl carbamates (subject to hydrolysis) is 1. The zero-order valence-corrected chi connectivity index (χ0v) is 26.4. The number of hydrogen-bond acceptors (Lipinski definition) is 8. The second-order valence-electron chi connectivity index (χ2n) is 12.8. The summed E-state index contributed by atoms with van der Waals surface area (Å²) in [5.74, 6) is 1.19. The van der Waals surface area contributed by atoms with E-state index in [4.69, 9.17) is 13.9 Å². The second kappa shape index (κ2) is 11.2. The Morgan fingerprint density at radius 2 is 1.89 bits per heavy atom. The van der Waals surface area contributed by atoms with Gasteiger partial charge in [-0.25, -0.2) is 14.8 Å². The van der Waals surface area contributed by atoms with Gasteiger partial charge < -0.3 is 24.1 Å². The number of fused-ring (bicyclic) bond motifs is 2. The number of pyridine rings is 1. The van der Waals surface area contributed by atoms with Gasteiger partial charge in [0.05, 0.1) is 29.0 Å². The summed E-state index contributed by atoms with van der Waals surface area (Å²) in [5, 5.41) is 3.77. The van der Waals surface area contributed by atoms with Crippen molar-refractivity contribution in [3.8, 4) is 11.5 Å². The molecule has 1 aliphatic carbocycles. The molecule has 3 aromatic heterocycles. The molecule has 1 aromatic carbocycles. The van der Waals surface area contributed by atoms with Crippen LogP contribution >= 0.6 is 0 Å². The smallest absolute Gasteiger partial charge is 0.408 e. The molecule has 2 amide bonds. The highest BCUT2D eigenvalue weighted by molar-refractivity contribution is 7.86. The molecule has 6 rings (SSSR count). The van der Waals surface area contributed by atoms with Crippen LogP contribution < -0.4 is 5.32 Å². The minimum atomic E-state index is -3.79. The summed E-state index contributed by atoms with van der Waals surface area (Å²) in [7, 11) is -1.82. The van der Waals surface area contributed by atoms with E-state index in [2.05, 4.69) is 27.0 Å². The highest BCUT2D eigenvalue weighted by atomic mass is 32.2. The Labute approximate surface area is 256 Å². The Kier molecular flexibility index (Phi) is 7.65. The molecule has 2 fully saturated rings. The van der Waals surface area contributed by atoms with Crippen LogP contribution in [0.25, 0.3) is 33.6 Å². The summed E-state index contributed by atoms with van der Waals surface area (Å²) < 4.78 is 38.8. The molecule has 12 nitrogen and oxygen atoms in total. The van der Waals surface area contributed by atoms with Crippen molar-refractivity contribution < 1.29 is 26.9 Å². The van der Waals surface area contributed by atoms with Gasteiger partial charge in [0, 0.05) is 43.8 Å². The second-order valence-corrected chi connectivity index (χ2v) is 14.4. The van der Waals surface area contributed by atoms with Crippen LogP contribution in [0.5, 0.6) is 0 Å². The first-order chi connectivity index (χ1) is 20.8. The van der Waals surface area contributed by atoms with Gasteiger partial charge in [-0.05, 0) is 82.3 Å². The van der Waals surface area contributed by atoms with Crippen molar-refractivity contribution in [3.05, 3.63) is 48.2 Å². The maximum Gasteiger partial charge on any atom is 0.408 e. The summed E-state index contributed by atoms with van der Waals surface area (Å²) in [6.07, 6.45) is 3.88. The molecule has 13 heteroatoms. The predicted molar refractivity (Wildman–Crippen MR) is 166 cm³/mol. The largest absolute Gasteiger partial charge is 0.444 e. The van der Waals surface area contributed by atoms with Gasteiger partial charge in [0.25, 0.3) is 16.0 Å². The Balaban J connectivity index is 1.27. The molecular weight excluding hydrogens is 584 g/mol. The van der Waals surface area contributed by atoms with Crippen molar-refractivity contribution in [2.24, 2.45) is 13.0 Å². The Hall–Kier alpha value is -3.97. The van der Waals surface area contributed by atoms with E-state index in [1.807, 2.05) is 29.9 Å². The topological polar surface area (TPSA) is 138 Å². The third-order valence-corrected chi connectivity index (χ3v) is 8.58. The van der Waals surface area contributed by atoms with Crippen molar-refractivity contribution in [1.29, 1.82) is 0 Å². The number of nitrogens with zero attached hydrogens (tertiary/aromatic N) is 5. The van der Waals surface area contributed by atoms with Gasteiger partial charge in [0.1, 0.15) is 17.4 Å². The lowest BCUT2D eigenvalue weighted by Gasteiger charge is -2.38. The number of likely N-dealkylation sites (tertiary alicyclic amines) is 1. The molecule has 4 heterocycles. The third-order valence-electron chi connectivity index (χ3n) is 7.99. The first-order valence-electron chi connectivity index (χ1n) is 14.8. The van der Waals surface area contributed by atoms with Crippen LogP contribution in [0.4, 0.5) is 4.79 Å². The van der Waals surface area contributed by atoms with E-state index in [-0.39, 0.29) is 25.4 Å². The van der Waals surface area contributed by atoms with Gasteiger partial charge in [-0.3, -0.25) is 8.98 Å². The highest BCUT2D eigenvalue weighted by Crippen LogP contribution is 2.36. The molecule has 1 N–H and O–H groups in total. The number of carbonyl (C=O) groups excluding carboxylic acids is 2. The number of nitrogens with one attached hydrogen (secondary N) is 1. The predicted octanol–water partition coefficient (Wildman–Crippen LogP) is 4.08. The maximum absolute atomic E-state index is 13.7. The third kappa shape index (κ3) is 6.43. The number of amides is 2. The molecule has 1 aliphatic heterocycles. The van der Waals surface area contributed by atoms with E-state index >= 15 is 0 Å². The molecule has 0 radical (unpaired) electrons. The van der Waals surface area contributed by atoms with Crippen molar-refractivity contribution in [2.75, 3.05) is 19.3 Å². The molecule has 0 spiro atoms. The number of piperidine rings is 1. The fourth-order valence-electron chi connectivity index (χ4n) is 5.81. The molecule has 0 bridgehead atoms. The van der Waals surface area contributed by atoms with Crippen molar-refractivity contribution >= 4 is 44.2 Å². The van der Waals surface area contributed by atoms with E-state index < -0.39 is 34.0 Å². The number of hydrogen-bond donors (Lipinski definition) is 1. The lowest BCUT2D eigenvalue weighted by Crippen LogP contribution is -2.58. The van der Waals surface area contributed by atoms with Crippen LogP contribution in [0, 0.1) is 5.92 Å². The van der Waals surface area contributed by atoms with Crippen molar-refractivity contribution in [3.63, 3.8) is 0 Å². The van der Waals surface area contributed by atoms with E-state index in [1.165, 1.54) is 12.8 Å². The lowest BCUT2D eigenvalue weighted by atomic mass is 10.0. The van der Waals surface area contributed by atoms with Crippen LogP contribution in [0.3, 0.4) is 0 Å². The summed E-state index contributed by atoms with van der Waals surface area (Å²) >= 11 is 0. The molecular formula is C31H38N6O6S. The number of ether oxygens (including phenoxy) is 1. The van der Waals surface area contributed by atoms with Crippen molar-refractivity contribution in [1.82, 2.24) is 29.3 Å². The van der Waals surface area contributed by atoms with Crippen LogP contribution in [-0.2, 0) is 32.6 Å². The minimum Gasteiger partial charge on any atom is -0.444 e. The van der Waals surface area contributed by atoms with E-state index in [0.717, 1.165) is 40.9 Å². The van der Waals surface area contributed by atoms with Gasteiger partial charge in [-0.1, -0.05) is 0 Å². The molecule has 4 aromatic rings. The van der Waals surface area contributed by atoms with E-state index in [1.54, 1.807) is 37.8 Å². The fourth-order valence-corrected chi connectivity index (χ4v) is 6.49. The Morgan fingerprint density at radius 3 is 2.59 bits per heavy atom. The average Bonchev–Trinajstić information content (AvgIpc) is 3.61. The van der Waals surface area contributed by atoms with E-state index in [9.17, 15) is 18.0 Å². The van der Waals surface area contributed by atoms with Gasteiger partial charge in [0.2, 0.25) is 0 Å². The zero-order valence-electron chi connectivity index (χ0n) is 25.6. The maximum atomic E-state index is 13.7. The standard InChI is InChI=1S/C31H38N6O6S/c1-31(2,3)42-30(39)34-23-18-36(14-12-26(23)43-44(5,40)41)29(38)21-10-11-24-22(15-21)33-28(35(24)4)25-16-20-7-6-13-32-27(20)37(25)17-19-8-9-19/h6-7,10-11,13,15-16,19,23,26H,8-9,12,14,17-18H2,1-5H3,(H,34,39)/t23-,26-/m1/s1. The molecule has 234 valence electrons. The molecule has 1 saturated heterocycles. The fraction of sp³-hybridized carbons (Fsp3) is 0.484. The first-order valence-corrected chi connectivity index (χ1v) is 16.7. The first kappa shape index (κ1) is 30.1.